The molecule has 2 unspecified atom stereocenters. The molecule has 2 amide bonds. The van der Waals surface area contributed by atoms with Gasteiger partial charge in [0.15, 0.2) is 0 Å². The van der Waals surface area contributed by atoms with Crippen LogP contribution in [0.25, 0.3) is 0 Å². The average molecular weight is 342 g/mol. The molecule has 130 valence electrons. The lowest BCUT2D eigenvalue weighted by Crippen LogP contribution is -2.54. The van der Waals surface area contributed by atoms with E-state index in [0.29, 0.717) is 12.1 Å². The van der Waals surface area contributed by atoms with E-state index >= 15 is 0 Å². The molecule has 0 aromatic heterocycles. The van der Waals surface area contributed by atoms with Crippen molar-refractivity contribution in [3.8, 4) is 0 Å². The van der Waals surface area contributed by atoms with Crippen LogP contribution in [0.1, 0.15) is 44.5 Å². The molecule has 6 heteroatoms. The smallest absolute Gasteiger partial charge is 0.251 e. The first-order valence-electron chi connectivity index (χ1n) is 7.67. The Balaban J connectivity index is 0.00000484. The maximum Gasteiger partial charge on any atom is 0.251 e. The Labute approximate surface area is 144 Å². The number of nitrogens with two attached hydrogens (primary N) is 1. The van der Waals surface area contributed by atoms with Crippen molar-refractivity contribution in [1.29, 1.82) is 0 Å². The van der Waals surface area contributed by atoms with Crippen LogP contribution in [0.3, 0.4) is 0 Å². The van der Waals surface area contributed by atoms with E-state index < -0.39 is 11.6 Å². The minimum atomic E-state index is -0.569. The first kappa shape index (κ1) is 21.4. The highest BCUT2D eigenvalue weighted by atomic mass is 35.5. The van der Waals surface area contributed by atoms with Crippen LogP contribution in [0.2, 0.25) is 0 Å². The molecule has 1 aromatic carbocycles. The van der Waals surface area contributed by atoms with E-state index in [1.165, 1.54) is 0 Å². The quantitative estimate of drug-likeness (QED) is 0.710. The van der Waals surface area contributed by atoms with Crippen molar-refractivity contribution in [2.45, 2.75) is 45.7 Å². The average Bonchev–Trinajstić information content (AvgIpc) is 2.49. The molecule has 0 aliphatic rings. The fourth-order valence-electron chi connectivity index (χ4n) is 1.94. The zero-order valence-electron chi connectivity index (χ0n) is 14.3. The van der Waals surface area contributed by atoms with Gasteiger partial charge in [0.25, 0.3) is 5.91 Å². The third kappa shape index (κ3) is 7.48. The highest BCUT2D eigenvalue weighted by Gasteiger charge is 2.27. The fraction of sp³-hybridized carbons (Fsp3) is 0.529. The Morgan fingerprint density at radius 1 is 1.22 bits per heavy atom. The Bertz CT molecular complexity index is 500. The number of nitrogens with one attached hydrogen (secondary N) is 2. The molecular formula is C17H28ClN3O2. The number of amides is 2. The van der Waals surface area contributed by atoms with E-state index in [1.807, 2.05) is 33.8 Å². The predicted molar refractivity (Wildman–Crippen MR) is 95.7 cm³/mol. The van der Waals surface area contributed by atoms with E-state index in [0.717, 1.165) is 6.42 Å². The van der Waals surface area contributed by atoms with Crippen LogP contribution in [-0.2, 0) is 4.79 Å². The molecular weight excluding hydrogens is 314 g/mol. The van der Waals surface area contributed by atoms with Crippen molar-refractivity contribution in [3.05, 3.63) is 35.9 Å². The fourth-order valence-corrected chi connectivity index (χ4v) is 1.94. The van der Waals surface area contributed by atoms with E-state index in [4.69, 9.17) is 5.73 Å². The van der Waals surface area contributed by atoms with Crippen molar-refractivity contribution < 1.29 is 9.59 Å². The zero-order valence-corrected chi connectivity index (χ0v) is 15.1. The molecule has 0 heterocycles. The topological polar surface area (TPSA) is 84.2 Å². The minimum absolute atomic E-state index is 0. The summed E-state index contributed by atoms with van der Waals surface area (Å²) in [5, 5.41) is 5.64. The van der Waals surface area contributed by atoms with Gasteiger partial charge >= 0.3 is 0 Å². The minimum Gasteiger partial charge on any atom is -0.352 e. The summed E-state index contributed by atoms with van der Waals surface area (Å²) in [5.74, 6) is -0.404. The Morgan fingerprint density at radius 2 is 1.78 bits per heavy atom. The SMILES string of the molecule is CCC(C)C(NC(=O)c1ccccc1)C(=O)NCC(C)(C)N.Cl. The predicted octanol–water partition coefficient (Wildman–Crippen LogP) is 2.11. The number of rotatable bonds is 7. The second-order valence-electron chi connectivity index (χ2n) is 6.41. The maximum atomic E-state index is 12.4. The summed E-state index contributed by atoms with van der Waals surface area (Å²) < 4.78 is 0. The molecule has 5 nitrogen and oxygen atoms in total. The van der Waals surface area contributed by atoms with Gasteiger partial charge in [-0.2, -0.15) is 0 Å². The third-order valence-corrected chi connectivity index (χ3v) is 3.54. The van der Waals surface area contributed by atoms with Crippen LogP contribution < -0.4 is 16.4 Å². The van der Waals surface area contributed by atoms with Crippen LogP contribution in [0.15, 0.2) is 30.3 Å². The van der Waals surface area contributed by atoms with Gasteiger partial charge in [0.2, 0.25) is 5.91 Å². The van der Waals surface area contributed by atoms with Crippen molar-refractivity contribution in [2.24, 2.45) is 11.7 Å². The Morgan fingerprint density at radius 3 is 2.26 bits per heavy atom. The number of hydrogen-bond donors (Lipinski definition) is 3. The van der Waals surface area contributed by atoms with Crippen molar-refractivity contribution in [1.82, 2.24) is 10.6 Å². The van der Waals surface area contributed by atoms with Crippen molar-refractivity contribution in [2.75, 3.05) is 6.54 Å². The summed E-state index contributed by atoms with van der Waals surface area (Å²) in [6, 6.07) is 8.32. The molecule has 23 heavy (non-hydrogen) atoms. The molecule has 0 radical (unpaired) electrons. The number of benzene rings is 1. The van der Waals surface area contributed by atoms with E-state index in [-0.39, 0.29) is 30.1 Å². The molecule has 2 atom stereocenters. The first-order chi connectivity index (χ1) is 10.2. The van der Waals surface area contributed by atoms with Crippen molar-refractivity contribution in [3.63, 3.8) is 0 Å². The van der Waals surface area contributed by atoms with E-state index in [2.05, 4.69) is 10.6 Å². The standard InChI is InChI=1S/C17H27N3O2.ClH/c1-5-12(2)14(16(22)19-11-17(3,4)18)20-15(21)13-9-7-6-8-10-13;/h6-10,12,14H,5,11,18H2,1-4H3,(H,19,22)(H,20,21);1H. The summed E-state index contributed by atoms with van der Waals surface area (Å²) in [6.45, 7) is 7.98. The first-order valence-corrected chi connectivity index (χ1v) is 7.67. The lowest BCUT2D eigenvalue weighted by Gasteiger charge is -2.26. The molecule has 0 saturated heterocycles. The molecule has 0 aliphatic carbocycles. The van der Waals surface area contributed by atoms with Gasteiger partial charge in [0, 0.05) is 17.6 Å². The van der Waals surface area contributed by atoms with Crippen LogP contribution in [0.5, 0.6) is 0 Å². The van der Waals surface area contributed by atoms with Gasteiger partial charge in [-0.25, -0.2) is 0 Å². The lowest BCUT2D eigenvalue weighted by molar-refractivity contribution is -0.124. The van der Waals surface area contributed by atoms with Gasteiger partial charge in [-0.05, 0) is 31.9 Å². The number of carbonyl (C=O) groups excluding carboxylic acids is 2. The number of halogens is 1. The number of hydrogen-bond acceptors (Lipinski definition) is 3. The summed E-state index contributed by atoms with van der Waals surface area (Å²) >= 11 is 0. The molecule has 1 rings (SSSR count). The van der Waals surface area contributed by atoms with Crippen molar-refractivity contribution >= 4 is 24.2 Å². The van der Waals surface area contributed by atoms with Gasteiger partial charge in [-0.1, -0.05) is 38.5 Å². The van der Waals surface area contributed by atoms with Crippen LogP contribution in [-0.4, -0.2) is 29.9 Å². The maximum absolute atomic E-state index is 12.4. The van der Waals surface area contributed by atoms with Gasteiger partial charge in [-0.3, -0.25) is 9.59 Å². The Kier molecular flexibility index (Phi) is 8.87. The normalized spacial score (nSPS) is 13.4. The summed E-state index contributed by atoms with van der Waals surface area (Å²) in [7, 11) is 0. The largest absolute Gasteiger partial charge is 0.352 e. The van der Waals surface area contributed by atoms with Crippen LogP contribution >= 0.6 is 12.4 Å². The van der Waals surface area contributed by atoms with Gasteiger partial charge in [-0.15, -0.1) is 12.4 Å². The van der Waals surface area contributed by atoms with Gasteiger partial charge in [0.1, 0.15) is 6.04 Å². The van der Waals surface area contributed by atoms with Gasteiger partial charge < -0.3 is 16.4 Å². The lowest BCUT2D eigenvalue weighted by atomic mass is 9.97. The summed E-state index contributed by atoms with van der Waals surface area (Å²) in [4.78, 5) is 24.6. The molecule has 0 bridgehead atoms. The molecule has 0 saturated carbocycles. The Hall–Kier alpha value is -1.59. The highest BCUT2D eigenvalue weighted by Crippen LogP contribution is 2.10. The zero-order chi connectivity index (χ0) is 16.8. The number of carbonyl (C=O) groups is 2. The molecule has 0 aliphatic heterocycles. The molecule has 1 aromatic rings. The van der Waals surface area contributed by atoms with Gasteiger partial charge in [0.05, 0.1) is 0 Å². The second-order valence-corrected chi connectivity index (χ2v) is 6.41. The van der Waals surface area contributed by atoms with Crippen LogP contribution in [0.4, 0.5) is 0 Å². The summed E-state index contributed by atoms with van der Waals surface area (Å²) in [6.07, 6.45) is 0.791. The monoisotopic (exact) mass is 341 g/mol. The molecule has 0 fully saturated rings. The molecule has 0 spiro atoms. The molecule has 4 N–H and O–H groups in total. The van der Waals surface area contributed by atoms with E-state index in [9.17, 15) is 9.59 Å². The van der Waals surface area contributed by atoms with E-state index in [1.54, 1.807) is 24.3 Å². The summed E-state index contributed by atoms with van der Waals surface area (Å²) in [5.41, 5.74) is 5.94. The highest BCUT2D eigenvalue weighted by molar-refractivity contribution is 5.97. The third-order valence-electron chi connectivity index (χ3n) is 3.54. The second kappa shape index (κ2) is 9.53. The van der Waals surface area contributed by atoms with Crippen LogP contribution in [0, 0.1) is 5.92 Å².